The van der Waals surface area contributed by atoms with Gasteiger partial charge >= 0.3 is 0 Å². The smallest absolute Gasteiger partial charge is 0.225 e. The van der Waals surface area contributed by atoms with Crippen LogP contribution in [0.2, 0.25) is 0 Å². The molecular formula is C12H22O11. The summed E-state index contributed by atoms with van der Waals surface area (Å²) in [6, 6.07) is 0. The van der Waals surface area contributed by atoms with Gasteiger partial charge in [0.05, 0.1) is 13.2 Å². The summed E-state index contributed by atoms with van der Waals surface area (Å²) in [4.78, 5) is 0. The Balaban J connectivity index is 2.33. The molecule has 2 rings (SSSR count). The maximum atomic E-state index is 10.5. The van der Waals surface area contributed by atoms with Crippen molar-refractivity contribution in [1.29, 1.82) is 0 Å². The molecule has 0 saturated carbocycles. The van der Waals surface area contributed by atoms with Gasteiger partial charge in [-0.3, -0.25) is 0 Å². The Morgan fingerprint density at radius 3 is 1.74 bits per heavy atom. The Labute approximate surface area is 130 Å². The van der Waals surface area contributed by atoms with Crippen LogP contribution in [0.3, 0.4) is 0 Å². The summed E-state index contributed by atoms with van der Waals surface area (Å²) in [5.74, 6) is -2.82. The molecule has 2 aliphatic rings. The minimum atomic E-state index is -2.82. The van der Waals surface area contributed by atoms with Gasteiger partial charge in [-0.2, -0.15) is 0 Å². The minimum Gasteiger partial charge on any atom is -0.394 e. The largest absolute Gasteiger partial charge is 0.394 e. The third kappa shape index (κ3) is 2.99. The van der Waals surface area contributed by atoms with Gasteiger partial charge in [0, 0.05) is 0 Å². The fraction of sp³-hybridized carbons (Fsp3) is 1.00. The van der Waals surface area contributed by atoms with Crippen LogP contribution in [-0.4, -0.2) is 120 Å². The van der Waals surface area contributed by atoms with Crippen LogP contribution in [0.5, 0.6) is 0 Å². The number of aliphatic hydroxyl groups excluding tert-OH is 8. The van der Waals surface area contributed by atoms with Gasteiger partial charge in [-0.15, -0.1) is 0 Å². The Bertz CT molecular complexity index is 404. The summed E-state index contributed by atoms with van der Waals surface area (Å²) >= 11 is 0. The van der Waals surface area contributed by atoms with Crippen molar-refractivity contribution in [3.8, 4) is 0 Å². The average Bonchev–Trinajstić information content (AvgIpc) is 2.54. The summed E-state index contributed by atoms with van der Waals surface area (Å²) in [7, 11) is 0. The number of hydrogen-bond donors (Lipinski definition) is 9. The highest BCUT2D eigenvalue weighted by Crippen LogP contribution is 2.37. The molecule has 2 fully saturated rings. The highest BCUT2D eigenvalue weighted by Gasteiger charge is 2.62. The van der Waals surface area contributed by atoms with E-state index in [0.29, 0.717) is 0 Å². The van der Waals surface area contributed by atoms with Crippen LogP contribution in [0.1, 0.15) is 0 Å². The zero-order valence-electron chi connectivity index (χ0n) is 12.0. The summed E-state index contributed by atoms with van der Waals surface area (Å²) in [6.45, 7) is -1.60. The number of aliphatic hydroxyl groups is 9. The molecule has 0 aromatic carbocycles. The topological polar surface area (TPSA) is 201 Å². The van der Waals surface area contributed by atoms with E-state index >= 15 is 0 Å². The molecule has 136 valence electrons. The van der Waals surface area contributed by atoms with Gasteiger partial charge < -0.3 is 55.4 Å². The molecule has 2 aliphatic heterocycles. The number of hydrogen-bond acceptors (Lipinski definition) is 11. The van der Waals surface area contributed by atoms with E-state index in [1.807, 2.05) is 0 Å². The normalized spacial score (nSPS) is 54.9. The monoisotopic (exact) mass is 342 g/mol. The van der Waals surface area contributed by atoms with Gasteiger partial charge in [-0.1, -0.05) is 0 Å². The molecule has 11 nitrogen and oxygen atoms in total. The lowest BCUT2D eigenvalue weighted by molar-refractivity contribution is -0.406. The summed E-state index contributed by atoms with van der Waals surface area (Å²) in [5, 5.41) is 87.7. The molecule has 10 atom stereocenters. The molecule has 0 aromatic heterocycles. The molecular weight excluding hydrogens is 320 g/mol. The molecule has 9 N–H and O–H groups in total. The van der Waals surface area contributed by atoms with Crippen molar-refractivity contribution < 1.29 is 55.4 Å². The molecule has 0 aromatic rings. The third-order valence-corrected chi connectivity index (χ3v) is 4.30. The fourth-order valence-corrected chi connectivity index (χ4v) is 2.86. The number of rotatable bonds is 3. The zero-order valence-corrected chi connectivity index (χ0v) is 12.0. The second-order valence-corrected chi connectivity index (χ2v) is 5.77. The lowest BCUT2D eigenvalue weighted by Crippen LogP contribution is -2.75. The van der Waals surface area contributed by atoms with Crippen molar-refractivity contribution in [2.75, 3.05) is 13.2 Å². The van der Waals surface area contributed by atoms with Crippen molar-refractivity contribution >= 4 is 0 Å². The Hall–Kier alpha value is -0.440. The van der Waals surface area contributed by atoms with Crippen molar-refractivity contribution in [3.05, 3.63) is 0 Å². The van der Waals surface area contributed by atoms with Crippen molar-refractivity contribution in [1.82, 2.24) is 0 Å². The first kappa shape index (κ1) is 18.9. The van der Waals surface area contributed by atoms with E-state index in [0.717, 1.165) is 0 Å². The molecule has 11 heteroatoms. The molecule has 0 amide bonds. The van der Waals surface area contributed by atoms with Gasteiger partial charge in [-0.25, -0.2) is 0 Å². The van der Waals surface area contributed by atoms with Crippen LogP contribution in [-0.2, 0) is 9.47 Å². The zero-order chi connectivity index (χ0) is 17.5. The van der Waals surface area contributed by atoms with Crippen LogP contribution in [0.4, 0.5) is 0 Å². The molecule has 2 heterocycles. The summed E-state index contributed by atoms with van der Waals surface area (Å²) < 4.78 is 10.1. The van der Waals surface area contributed by atoms with Crippen molar-refractivity contribution in [3.63, 3.8) is 0 Å². The Kier molecular flexibility index (Phi) is 5.60. The van der Waals surface area contributed by atoms with Crippen LogP contribution in [0.15, 0.2) is 0 Å². The number of ether oxygens (including phenoxy) is 2. The Morgan fingerprint density at radius 1 is 0.696 bits per heavy atom. The van der Waals surface area contributed by atoms with Gasteiger partial charge in [0.15, 0.2) is 0 Å². The molecule has 0 spiro atoms. The minimum absolute atomic E-state index is 0.776. The second kappa shape index (κ2) is 6.82. The van der Waals surface area contributed by atoms with E-state index in [-0.39, 0.29) is 0 Å². The van der Waals surface area contributed by atoms with Crippen LogP contribution in [0, 0.1) is 0 Å². The highest BCUT2D eigenvalue weighted by molar-refractivity contribution is 5.05. The van der Waals surface area contributed by atoms with Gasteiger partial charge in [0.1, 0.15) is 54.9 Å². The highest BCUT2D eigenvalue weighted by atomic mass is 16.7. The van der Waals surface area contributed by atoms with E-state index in [4.69, 9.17) is 19.7 Å². The first-order chi connectivity index (χ1) is 10.7. The van der Waals surface area contributed by atoms with Crippen LogP contribution >= 0.6 is 0 Å². The predicted molar refractivity (Wildman–Crippen MR) is 68.7 cm³/mol. The quantitative estimate of drug-likeness (QED) is 0.236. The maximum absolute atomic E-state index is 10.5. The van der Waals surface area contributed by atoms with Gasteiger partial charge in [0.25, 0.3) is 0 Å². The SMILES string of the molecule is OC[C@H]1O[C@@H]([C@@]2(O)O[C@H](CO)[C@@H](O)[C@H](O)[C@H]2O)[C@H](O)[C@@H](O)[C@@H]1O. The van der Waals surface area contributed by atoms with Crippen molar-refractivity contribution in [2.24, 2.45) is 0 Å². The second-order valence-electron chi connectivity index (χ2n) is 5.77. The average molecular weight is 342 g/mol. The molecule has 0 unspecified atom stereocenters. The van der Waals surface area contributed by atoms with Crippen molar-refractivity contribution in [2.45, 2.75) is 60.7 Å². The fourth-order valence-electron chi connectivity index (χ4n) is 2.86. The summed E-state index contributed by atoms with van der Waals surface area (Å²) in [5.41, 5.74) is 0. The van der Waals surface area contributed by atoms with Gasteiger partial charge in [-0.05, 0) is 0 Å². The van der Waals surface area contributed by atoms with E-state index in [1.165, 1.54) is 0 Å². The molecule has 2 saturated heterocycles. The lowest BCUT2D eigenvalue weighted by atomic mass is 9.83. The Morgan fingerprint density at radius 2 is 1.22 bits per heavy atom. The first-order valence-corrected chi connectivity index (χ1v) is 7.04. The standard InChI is InChI=1S/C12H22O11/c13-1-3-5(15)7(17)9(19)11(22-3)12(21)10(20)8(18)6(16)4(2-14)23-12/h3-11,13-21H,1-2H2/t3-,4-,5-,6-,7+,8+,9-,10-,11-,12+/m1/s1. The maximum Gasteiger partial charge on any atom is 0.225 e. The predicted octanol–water partition coefficient (Wildman–Crippen LogP) is -6.01. The molecule has 0 aliphatic carbocycles. The van der Waals surface area contributed by atoms with E-state index in [9.17, 15) is 35.7 Å². The van der Waals surface area contributed by atoms with Crippen LogP contribution in [0.25, 0.3) is 0 Å². The van der Waals surface area contributed by atoms with Gasteiger partial charge in [0.2, 0.25) is 5.79 Å². The summed E-state index contributed by atoms with van der Waals surface area (Å²) in [6.07, 6.45) is -16.1. The molecule has 23 heavy (non-hydrogen) atoms. The van der Waals surface area contributed by atoms with E-state index in [2.05, 4.69) is 0 Å². The van der Waals surface area contributed by atoms with E-state index < -0.39 is 73.9 Å². The molecule has 0 radical (unpaired) electrons. The van der Waals surface area contributed by atoms with Crippen LogP contribution < -0.4 is 0 Å². The lowest BCUT2D eigenvalue weighted by Gasteiger charge is -2.52. The molecule has 0 bridgehead atoms. The van der Waals surface area contributed by atoms with E-state index in [1.54, 1.807) is 0 Å². The third-order valence-electron chi connectivity index (χ3n) is 4.30. The first-order valence-electron chi connectivity index (χ1n) is 7.04.